The van der Waals surface area contributed by atoms with Gasteiger partial charge in [-0.1, -0.05) is 25.1 Å². The molecule has 1 aromatic carbocycles. The van der Waals surface area contributed by atoms with Crippen LogP contribution in [0.2, 0.25) is 0 Å². The summed E-state index contributed by atoms with van der Waals surface area (Å²) < 4.78 is 5.58. The molecule has 0 aromatic heterocycles. The minimum absolute atomic E-state index is 0.0865. The van der Waals surface area contributed by atoms with Gasteiger partial charge in [0.15, 0.2) is 0 Å². The summed E-state index contributed by atoms with van der Waals surface area (Å²) in [6, 6.07) is 8.78. The number of amides is 1. The molecule has 0 saturated carbocycles. The second-order valence-corrected chi connectivity index (χ2v) is 5.38. The largest absolute Gasteiger partial charge is 0.494 e. The quantitative estimate of drug-likeness (QED) is 0.872. The highest BCUT2D eigenvalue weighted by Crippen LogP contribution is 2.21. The zero-order chi connectivity index (χ0) is 15.2. The Kier molecular flexibility index (Phi) is 5.20. The van der Waals surface area contributed by atoms with Crippen molar-refractivity contribution in [3.63, 3.8) is 0 Å². The zero-order valence-corrected chi connectivity index (χ0v) is 12.2. The van der Waals surface area contributed by atoms with Gasteiger partial charge in [0.1, 0.15) is 11.8 Å². The molecule has 1 fully saturated rings. The van der Waals surface area contributed by atoms with Gasteiger partial charge < -0.3 is 14.7 Å². The summed E-state index contributed by atoms with van der Waals surface area (Å²) in [7, 11) is 0. The molecule has 0 bridgehead atoms. The molecule has 1 aromatic rings. The van der Waals surface area contributed by atoms with Crippen molar-refractivity contribution in [3.05, 3.63) is 30.3 Å². The van der Waals surface area contributed by atoms with Crippen molar-refractivity contribution >= 4 is 11.9 Å². The molecule has 5 nitrogen and oxygen atoms in total. The Hall–Kier alpha value is -2.04. The summed E-state index contributed by atoms with van der Waals surface area (Å²) in [5.41, 5.74) is 0. The van der Waals surface area contributed by atoms with Crippen LogP contribution in [0, 0.1) is 5.92 Å². The van der Waals surface area contributed by atoms with Gasteiger partial charge in [-0.15, -0.1) is 0 Å². The lowest BCUT2D eigenvalue weighted by atomic mass is 10.1. The first-order chi connectivity index (χ1) is 10.1. The van der Waals surface area contributed by atoms with E-state index >= 15 is 0 Å². The number of carbonyl (C=O) groups is 2. The fourth-order valence-electron chi connectivity index (χ4n) is 2.56. The number of nitrogens with zero attached hydrogens (tertiary/aromatic N) is 1. The zero-order valence-electron chi connectivity index (χ0n) is 12.2. The third-order valence-electron chi connectivity index (χ3n) is 3.81. The van der Waals surface area contributed by atoms with Gasteiger partial charge >= 0.3 is 5.97 Å². The summed E-state index contributed by atoms with van der Waals surface area (Å²) in [5, 5.41) is 9.12. The van der Waals surface area contributed by atoms with Crippen LogP contribution < -0.4 is 4.74 Å². The minimum Gasteiger partial charge on any atom is -0.494 e. The predicted molar refractivity (Wildman–Crippen MR) is 78.1 cm³/mol. The highest BCUT2D eigenvalue weighted by atomic mass is 16.5. The van der Waals surface area contributed by atoms with Crippen molar-refractivity contribution in [1.82, 2.24) is 4.90 Å². The van der Waals surface area contributed by atoms with Gasteiger partial charge in [0.05, 0.1) is 6.61 Å². The third kappa shape index (κ3) is 3.97. The number of aliphatic carboxylic acids is 1. The monoisotopic (exact) mass is 291 g/mol. The highest BCUT2D eigenvalue weighted by molar-refractivity contribution is 5.85. The van der Waals surface area contributed by atoms with E-state index in [0.29, 0.717) is 26.0 Å². The van der Waals surface area contributed by atoms with E-state index in [0.717, 1.165) is 12.2 Å². The van der Waals surface area contributed by atoms with Crippen molar-refractivity contribution in [1.29, 1.82) is 0 Å². The average molecular weight is 291 g/mol. The number of carboxylic acid groups (broad SMARTS) is 1. The lowest BCUT2D eigenvalue weighted by molar-refractivity contribution is -0.149. The maximum Gasteiger partial charge on any atom is 0.326 e. The van der Waals surface area contributed by atoms with Crippen molar-refractivity contribution in [2.75, 3.05) is 13.2 Å². The number of benzene rings is 1. The average Bonchev–Trinajstić information content (AvgIpc) is 2.97. The maximum absolute atomic E-state index is 12.3. The molecule has 1 amide bonds. The van der Waals surface area contributed by atoms with Gasteiger partial charge in [0, 0.05) is 12.5 Å². The van der Waals surface area contributed by atoms with Gasteiger partial charge in [0.25, 0.3) is 0 Å². The van der Waals surface area contributed by atoms with Crippen LogP contribution in [0.3, 0.4) is 0 Å². The van der Waals surface area contributed by atoms with Crippen molar-refractivity contribution in [3.8, 4) is 5.75 Å². The molecule has 0 radical (unpaired) electrons. The Labute approximate surface area is 124 Å². The Bertz CT molecular complexity index is 488. The number of carbonyl (C=O) groups excluding carboxylic acids is 1. The first-order valence-electron chi connectivity index (χ1n) is 7.30. The summed E-state index contributed by atoms with van der Waals surface area (Å²) in [4.78, 5) is 24.9. The van der Waals surface area contributed by atoms with E-state index < -0.39 is 12.0 Å². The van der Waals surface area contributed by atoms with Crippen LogP contribution in [-0.4, -0.2) is 41.1 Å². The van der Waals surface area contributed by atoms with Crippen LogP contribution >= 0.6 is 0 Å². The van der Waals surface area contributed by atoms with E-state index in [1.807, 2.05) is 37.3 Å². The number of hydrogen-bond acceptors (Lipinski definition) is 3. The molecular formula is C16H21NO4. The minimum atomic E-state index is -0.909. The Morgan fingerprint density at radius 2 is 2.10 bits per heavy atom. The molecule has 0 spiro atoms. The number of ether oxygens (including phenoxy) is 1. The summed E-state index contributed by atoms with van der Waals surface area (Å²) in [5.74, 6) is -0.444. The van der Waals surface area contributed by atoms with Gasteiger partial charge in [-0.2, -0.15) is 0 Å². The molecule has 1 aliphatic rings. The molecule has 1 N–H and O–H groups in total. The van der Waals surface area contributed by atoms with Crippen LogP contribution in [0.15, 0.2) is 30.3 Å². The molecular weight excluding hydrogens is 270 g/mol. The van der Waals surface area contributed by atoms with Crippen molar-refractivity contribution in [2.45, 2.75) is 32.2 Å². The fraction of sp³-hybridized carbons (Fsp3) is 0.500. The SMILES string of the molecule is C[C@@H](CCOc1ccccc1)C(=O)N1CCC[C@H]1C(=O)O. The summed E-state index contributed by atoms with van der Waals surface area (Å²) >= 11 is 0. The van der Waals surface area contributed by atoms with E-state index in [1.54, 1.807) is 0 Å². The van der Waals surface area contributed by atoms with Crippen LogP contribution in [-0.2, 0) is 9.59 Å². The smallest absolute Gasteiger partial charge is 0.326 e. The first-order valence-corrected chi connectivity index (χ1v) is 7.30. The predicted octanol–water partition coefficient (Wildman–Crippen LogP) is 2.17. The normalized spacial score (nSPS) is 19.3. The topological polar surface area (TPSA) is 66.8 Å². The van der Waals surface area contributed by atoms with E-state index in [-0.39, 0.29) is 11.8 Å². The van der Waals surface area contributed by atoms with Crippen LogP contribution in [0.4, 0.5) is 0 Å². The first kappa shape index (κ1) is 15.4. The number of para-hydroxylation sites is 1. The van der Waals surface area contributed by atoms with E-state index in [2.05, 4.69) is 0 Å². The maximum atomic E-state index is 12.3. The summed E-state index contributed by atoms with van der Waals surface area (Å²) in [6.07, 6.45) is 1.89. The fourth-order valence-corrected chi connectivity index (χ4v) is 2.56. The van der Waals surface area contributed by atoms with Gasteiger partial charge in [-0.25, -0.2) is 4.79 Å². The number of carboxylic acids is 1. The molecule has 21 heavy (non-hydrogen) atoms. The molecule has 1 aliphatic heterocycles. The van der Waals surface area contributed by atoms with Gasteiger partial charge in [0.2, 0.25) is 5.91 Å². The second-order valence-electron chi connectivity index (χ2n) is 5.38. The van der Waals surface area contributed by atoms with Crippen LogP contribution in [0.25, 0.3) is 0 Å². The third-order valence-corrected chi connectivity index (χ3v) is 3.81. The Morgan fingerprint density at radius 1 is 1.38 bits per heavy atom. The van der Waals surface area contributed by atoms with Crippen LogP contribution in [0.5, 0.6) is 5.75 Å². The van der Waals surface area contributed by atoms with Crippen molar-refractivity contribution in [2.24, 2.45) is 5.92 Å². The number of hydrogen-bond donors (Lipinski definition) is 1. The molecule has 1 heterocycles. The van der Waals surface area contributed by atoms with E-state index in [1.165, 1.54) is 4.90 Å². The second kappa shape index (κ2) is 7.11. The van der Waals surface area contributed by atoms with E-state index in [9.17, 15) is 9.59 Å². The molecule has 2 rings (SSSR count). The molecule has 1 saturated heterocycles. The molecule has 5 heteroatoms. The standard InChI is InChI=1S/C16H21NO4/c1-12(9-11-21-13-6-3-2-4-7-13)15(18)17-10-5-8-14(17)16(19)20/h2-4,6-7,12,14H,5,8-11H2,1H3,(H,19,20)/t12-,14-/m0/s1. The molecule has 2 atom stereocenters. The summed E-state index contributed by atoms with van der Waals surface area (Å²) in [6.45, 7) is 2.82. The van der Waals surface area contributed by atoms with Crippen molar-refractivity contribution < 1.29 is 19.4 Å². The Balaban J connectivity index is 1.81. The highest BCUT2D eigenvalue weighted by Gasteiger charge is 2.35. The number of rotatable bonds is 6. The van der Waals surface area contributed by atoms with Crippen LogP contribution in [0.1, 0.15) is 26.2 Å². The number of likely N-dealkylation sites (tertiary alicyclic amines) is 1. The van der Waals surface area contributed by atoms with E-state index in [4.69, 9.17) is 9.84 Å². The molecule has 0 aliphatic carbocycles. The lowest BCUT2D eigenvalue weighted by Gasteiger charge is -2.24. The van der Waals surface area contributed by atoms with Gasteiger partial charge in [-0.05, 0) is 31.4 Å². The Morgan fingerprint density at radius 3 is 2.76 bits per heavy atom. The van der Waals surface area contributed by atoms with Gasteiger partial charge in [-0.3, -0.25) is 4.79 Å². The molecule has 0 unspecified atom stereocenters. The molecule has 114 valence electrons. The lowest BCUT2D eigenvalue weighted by Crippen LogP contribution is -2.43.